The van der Waals surface area contributed by atoms with E-state index in [1.165, 1.54) is 0 Å². The second-order valence-corrected chi connectivity index (χ2v) is 11.9. The van der Waals surface area contributed by atoms with Gasteiger partial charge >= 0.3 is 5.97 Å². The number of Topliss-reactive ketones (excluding diaryl/α,β-unsaturated/α-hetero) is 1. The van der Waals surface area contributed by atoms with Gasteiger partial charge in [-0.2, -0.15) is 0 Å². The Morgan fingerprint density at radius 1 is 0.974 bits per heavy atom. The van der Waals surface area contributed by atoms with E-state index in [1.54, 1.807) is 13.8 Å². The van der Waals surface area contributed by atoms with Gasteiger partial charge in [-0.25, -0.2) is 0 Å². The van der Waals surface area contributed by atoms with Crippen molar-refractivity contribution in [2.24, 2.45) is 10.8 Å². The lowest BCUT2D eigenvalue weighted by Gasteiger charge is -2.49. The molecule has 2 N–H and O–H groups in total. The van der Waals surface area contributed by atoms with Gasteiger partial charge in [-0.1, -0.05) is 78.7 Å². The predicted octanol–water partition coefficient (Wildman–Crippen LogP) is 6.70. The van der Waals surface area contributed by atoms with Crippen LogP contribution in [0.2, 0.25) is 0 Å². The molecule has 0 spiro atoms. The summed E-state index contributed by atoms with van der Waals surface area (Å²) in [6, 6.07) is 16.1. The van der Waals surface area contributed by atoms with Gasteiger partial charge in [-0.15, -0.1) is 0 Å². The lowest BCUT2D eigenvalue weighted by Crippen LogP contribution is -2.54. The Bertz CT molecular complexity index is 1210. The van der Waals surface area contributed by atoms with Gasteiger partial charge in [0.15, 0.2) is 0 Å². The number of piperidine rings is 1. The normalized spacial score (nSPS) is 21.9. The van der Waals surface area contributed by atoms with Gasteiger partial charge in [0.2, 0.25) is 0 Å². The summed E-state index contributed by atoms with van der Waals surface area (Å²) in [4.78, 5) is 28.0. The van der Waals surface area contributed by atoms with Crippen LogP contribution in [-0.4, -0.2) is 39.5 Å². The topological polar surface area (TPSA) is 77.8 Å². The summed E-state index contributed by atoms with van der Waals surface area (Å²) in [5, 5.41) is 22.8. The van der Waals surface area contributed by atoms with E-state index in [-0.39, 0.29) is 11.8 Å². The number of likely N-dealkylation sites (tertiary alicyclic amines) is 1. The Kier molecular flexibility index (Phi) is 8.22. The molecule has 0 bridgehead atoms. The van der Waals surface area contributed by atoms with Crippen LogP contribution in [0.4, 0.5) is 0 Å². The quantitative estimate of drug-likeness (QED) is 0.378. The van der Waals surface area contributed by atoms with E-state index < -0.39 is 22.4 Å². The van der Waals surface area contributed by atoms with Gasteiger partial charge in [0.25, 0.3) is 0 Å². The standard InChI is InChI=1S/C34H43NO4/c1-6-9-30(36)33(32(4,5)31(37)38)21-19-28(20-22-33)35-23-8-7-10-29(35)34(39,26-15-11-24(2)12-16-26)27-17-13-25(3)14-18-27/h11-21,29,39H,6-10,22-23H2,1-5H3,(H,37,38). The molecule has 0 saturated carbocycles. The number of carboxylic acids is 1. The first-order valence-corrected chi connectivity index (χ1v) is 14.3. The number of aliphatic carboxylic acids is 1. The van der Waals surface area contributed by atoms with E-state index in [0.29, 0.717) is 19.3 Å². The maximum absolute atomic E-state index is 13.4. The molecule has 208 valence electrons. The first-order chi connectivity index (χ1) is 18.5. The molecule has 2 atom stereocenters. The minimum absolute atomic E-state index is 0.0324. The Balaban J connectivity index is 1.78. The predicted molar refractivity (Wildman–Crippen MR) is 155 cm³/mol. The Hall–Kier alpha value is -3.18. The summed E-state index contributed by atoms with van der Waals surface area (Å²) < 4.78 is 0. The molecule has 5 heteroatoms. The van der Waals surface area contributed by atoms with Gasteiger partial charge in [0.05, 0.1) is 16.9 Å². The second-order valence-electron chi connectivity index (χ2n) is 11.9. The third-order valence-corrected chi connectivity index (χ3v) is 9.10. The summed E-state index contributed by atoms with van der Waals surface area (Å²) in [5.74, 6) is -1.01. The fraction of sp³-hybridized carbons (Fsp3) is 0.471. The minimum Gasteiger partial charge on any atom is -0.481 e. The number of carboxylic acid groups (broad SMARTS) is 1. The molecule has 1 fully saturated rings. The van der Waals surface area contributed by atoms with Crippen LogP contribution in [0.3, 0.4) is 0 Å². The molecule has 2 aromatic carbocycles. The molecule has 1 saturated heterocycles. The smallest absolute Gasteiger partial charge is 0.310 e. The number of carbonyl (C=O) groups excluding carboxylic acids is 1. The van der Waals surface area contributed by atoms with Crippen LogP contribution in [0.1, 0.15) is 81.5 Å². The molecule has 0 radical (unpaired) electrons. The van der Waals surface area contributed by atoms with Crippen LogP contribution in [0, 0.1) is 24.7 Å². The zero-order valence-corrected chi connectivity index (χ0v) is 24.0. The molecular formula is C34H43NO4. The highest BCUT2D eigenvalue weighted by molar-refractivity contribution is 5.94. The number of nitrogens with zero attached hydrogens (tertiary/aromatic N) is 1. The molecule has 1 aliphatic heterocycles. The molecule has 5 nitrogen and oxygen atoms in total. The Labute approximate surface area is 233 Å². The van der Waals surface area contributed by atoms with Crippen molar-refractivity contribution in [1.82, 2.24) is 4.90 Å². The molecule has 0 amide bonds. The van der Waals surface area contributed by atoms with Crippen LogP contribution >= 0.6 is 0 Å². The van der Waals surface area contributed by atoms with Gasteiger partial charge in [0.1, 0.15) is 11.4 Å². The first kappa shape index (κ1) is 28.8. The molecule has 1 aliphatic carbocycles. The van der Waals surface area contributed by atoms with E-state index in [2.05, 4.69) is 4.90 Å². The van der Waals surface area contributed by atoms with Crippen LogP contribution < -0.4 is 0 Å². The molecular weight excluding hydrogens is 486 g/mol. The molecule has 0 aromatic heterocycles. The van der Waals surface area contributed by atoms with Crippen molar-refractivity contribution in [1.29, 1.82) is 0 Å². The SMILES string of the molecule is CCCC(=O)C1(C(C)(C)C(=O)O)C=CC(N2CCCCC2C(O)(c2ccc(C)cc2)c2ccc(C)cc2)=CC1. The Morgan fingerprint density at radius 2 is 1.54 bits per heavy atom. The highest BCUT2D eigenvalue weighted by Gasteiger charge is 2.53. The average molecular weight is 530 g/mol. The summed E-state index contributed by atoms with van der Waals surface area (Å²) in [7, 11) is 0. The zero-order chi connectivity index (χ0) is 28.4. The number of aryl methyl sites for hydroxylation is 2. The third kappa shape index (κ3) is 5.09. The molecule has 4 rings (SSSR count). The van der Waals surface area contributed by atoms with E-state index in [4.69, 9.17) is 0 Å². The van der Waals surface area contributed by atoms with Crippen molar-refractivity contribution in [2.75, 3.05) is 6.54 Å². The van der Waals surface area contributed by atoms with E-state index in [1.807, 2.05) is 87.5 Å². The number of hydrogen-bond donors (Lipinski definition) is 2. The summed E-state index contributed by atoms with van der Waals surface area (Å²) in [6.07, 6.45) is 9.97. The fourth-order valence-corrected chi connectivity index (χ4v) is 6.34. The number of carbonyl (C=O) groups is 2. The number of aliphatic hydroxyl groups is 1. The van der Waals surface area contributed by atoms with Crippen molar-refractivity contribution in [2.45, 2.75) is 84.8 Å². The summed E-state index contributed by atoms with van der Waals surface area (Å²) >= 11 is 0. The number of benzene rings is 2. The van der Waals surface area contributed by atoms with Crippen molar-refractivity contribution in [3.8, 4) is 0 Å². The molecule has 1 heterocycles. The lowest BCUT2D eigenvalue weighted by atomic mass is 9.59. The summed E-state index contributed by atoms with van der Waals surface area (Å²) in [6.45, 7) is 10.1. The fourth-order valence-electron chi connectivity index (χ4n) is 6.34. The third-order valence-electron chi connectivity index (χ3n) is 9.10. The van der Waals surface area contributed by atoms with Crippen molar-refractivity contribution < 1.29 is 19.8 Å². The maximum Gasteiger partial charge on any atom is 0.310 e. The van der Waals surface area contributed by atoms with E-state index in [9.17, 15) is 19.8 Å². The minimum atomic E-state index is -1.25. The highest BCUT2D eigenvalue weighted by atomic mass is 16.4. The van der Waals surface area contributed by atoms with Crippen molar-refractivity contribution in [3.63, 3.8) is 0 Å². The van der Waals surface area contributed by atoms with Crippen molar-refractivity contribution >= 4 is 11.8 Å². The van der Waals surface area contributed by atoms with Crippen LogP contribution in [0.15, 0.2) is 72.5 Å². The molecule has 2 aliphatic rings. The number of hydrogen-bond acceptors (Lipinski definition) is 4. The van der Waals surface area contributed by atoms with Crippen molar-refractivity contribution in [3.05, 3.63) is 94.7 Å². The van der Waals surface area contributed by atoms with E-state index in [0.717, 1.165) is 53.8 Å². The van der Waals surface area contributed by atoms with Gasteiger partial charge < -0.3 is 15.1 Å². The largest absolute Gasteiger partial charge is 0.481 e. The zero-order valence-electron chi connectivity index (χ0n) is 24.0. The number of ketones is 1. The molecule has 2 aromatic rings. The van der Waals surface area contributed by atoms with Gasteiger partial charge in [-0.05, 0) is 77.0 Å². The van der Waals surface area contributed by atoms with Gasteiger partial charge in [-0.3, -0.25) is 9.59 Å². The van der Waals surface area contributed by atoms with Crippen LogP contribution in [-0.2, 0) is 15.2 Å². The highest BCUT2D eigenvalue weighted by Crippen LogP contribution is 2.49. The Morgan fingerprint density at radius 3 is 2.00 bits per heavy atom. The van der Waals surface area contributed by atoms with E-state index >= 15 is 0 Å². The number of allylic oxidation sites excluding steroid dienone is 3. The maximum atomic E-state index is 13.4. The van der Waals surface area contributed by atoms with Crippen LogP contribution in [0.5, 0.6) is 0 Å². The number of rotatable bonds is 9. The average Bonchev–Trinajstić information content (AvgIpc) is 2.93. The monoisotopic (exact) mass is 529 g/mol. The van der Waals surface area contributed by atoms with Crippen LogP contribution in [0.25, 0.3) is 0 Å². The lowest BCUT2D eigenvalue weighted by molar-refractivity contribution is -0.158. The molecule has 39 heavy (non-hydrogen) atoms. The summed E-state index contributed by atoms with van der Waals surface area (Å²) in [5.41, 5.74) is 1.33. The molecule has 2 unspecified atom stereocenters. The van der Waals surface area contributed by atoms with Gasteiger partial charge in [0, 0.05) is 18.7 Å². The first-order valence-electron chi connectivity index (χ1n) is 14.3. The second kappa shape index (κ2) is 11.1.